The molecule has 172 valence electrons. The Morgan fingerprint density at radius 2 is 1.97 bits per heavy atom. The monoisotopic (exact) mass is 479 g/mol. The lowest BCUT2D eigenvalue weighted by atomic mass is 9.97. The van der Waals surface area contributed by atoms with Gasteiger partial charge in [0.2, 0.25) is 15.9 Å². The van der Waals surface area contributed by atoms with Crippen LogP contribution in [-0.4, -0.2) is 65.7 Å². The Balaban J connectivity index is 1.53. The van der Waals surface area contributed by atoms with Crippen molar-refractivity contribution in [3.63, 3.8) is 0 Å². The van der Waals surface area contributed by atoms with Gasteiger partial charge in [0.1, 0.15) is 0 Å². The van der Waals surface area contributed by atoms with Gasteiger partial charge in [-0.3, -0.25) is 14.4 Å². The fourth-order valence-electron chi connectivity index (χ4n) is 3.30. The van der Waals surface area contributed by atoms with E-state index in [0.29, 0.717) is 43.6 Å². The second-order valence-corrected chi connectivity index (χ2v) is 8.72. The van der Waals surface area contributed by atoms with Crippen molar-refractivity contribution >= 4 is 46.3 Å². The van der Waals surface area contributed by atoms with Crippen LogP contribution in [0.2, 0.25) is 5.02 Å². The molecule has 1 saturated heterocycles. The number of anilines is 1. The van der Waals surface area contributed by atoms with Crippen LogP contribution in [0.5, 0.6) is 0 Å². The number of aromatic nitrogens is 2. The van der Waals surface area contributed by atoms with Gasteiger partial charge in [-0.05, 0) is 50.5 Å². The SMILES string of the molecule is CCOCCCNC(=O)C1CCCN(C(=O)c2nnc(C(=O)Nc3ccc(Cl)cc3)s2)C1. The van der Waals surface area contributed by atoms with Gasteiger partial charge in [-0.25, -0.2) is 0 Å². The zero-order chi connectivity index (χ0) is 22.9. The van der Waals surface area contributed by atoms with Gasteiger partial charge < -0.3 is 20.3 Å². The van der Waals surface area contributed by atoms with E-state index in [4.69, 9.17) is 16.3 Å². The van der Waals surface area contributed by atoms with Crippen molar-refractivity contribution < 1.29 is 19.1 Å². The van der Waals surface area contributed by atoms with Crippen LogP contribution in [0.25, 0.3) is 0 Å². The van der Waals surface area contributed by atoms with Crippen molar-refractivity contribution in [3.05, 3.63) is 39.3 Å². The average Bonchev–Trinajstić information content (AvgIpc) is 3.30. The Morgan fingerprint density at radius 1 is 1.22 bits per heavy atom. The number of hydrogen-bond donors (Lipinski definition) is 2. The second kappa shape index (κ2) is 11.9. The van der Waals surface area contributed by atoms with Gasteiger partial charge in [0.15, 0.2) is 0 Å². The van der Waals surface area contributed by atoms with Crippen LogP contribution >= 0.6 is 22.9 Å². The van der Waals surface area contributed by atoms with Crippen molar-refractivity contribution in [2.45, 2.75) is 26.2 Å². The number of benzene rings is 1. The highest BCUT2D eigenvalue weighted by Crippen LogP contribution is 2.21. The van der Waals surface area contributed by atoms with Crippen LogP contribution < -0.4 is 10.6 Å². The first-order valence-electron chi connectivity index (χ1n) is 10.5. The van der Waals surface area contributed by atoms with E-state index in [9.17, 15) is 14.4 Å². The molecule has 1 aromatic carbocycles. The van der Waals surface area contributed by atoms with E-state index >= 15 is 0 Å². The summed E-state index contributed by atoms with van der Waals surface area (Å²) < 4.78 is 5.27. The molecule has 1 aliphatic heterocycles. The summed E-state index contributed by atoms with van der Waals surface area (Å²) >= 11 is 6.78. The number of ether oxygens (including phenoxy) is 1. The molecular formula is C21H26ClN5O4S. The minimum atomic E-state index is -0.452. The van der Waals surface area contributed by atoms with Gasteiger partial charge in [-0.15, -0.1) is 10.2 Å². The molecule has 0 bridgehead atoms. The topological polar surface area (TPSA) is 114 Å². The molecule has 0 aliphatic carbocycles. The lowest BCUT2D eigenvalue weighted by molar-refractivity contribution is -0.126. The predicted octanol–water partition coefficient (Wildman–Crippen LogP) is 2.84. The Morgan fingerprint density at radius 3 is 2.72 bits per heavy atom. The molecule has 2 heterocycles. The highest BCUT2D eigenvalue weighted by atomic mass is 35.5. The fraction of sp³-hybridized carbons (Fsp3) is 0.476. The molecule has 1 aliphatic rings. The lowest BCUT2D eigenvalue weighted by Crippen LogP contribution is -2.45. The number of nitrogens with zero attached hydrogens (tertiary/aromatic N) is 3. The highest BCUT2D eigenvalue weighted by molar-refractivity contribution is 7.15. The number of likely N-dealkylation sites (tertiary alicyclic amines) is 1. The van der Waals surface area contributed by atoms with Crippen LogP contribution in [0.1, 0.15) is 45.8 Å². The van der Waals surface area contributed by atoms with Crippen LogP contribution in [0.3, 0.4) is 0 Å². The number of nitrogens with one attached hydrogen (secondary N) is 2. The van der Waals surface area contributed by atoms with E-state index in [-0.39, 0.29) is 27.7 Å². The van der Waals surface area contributed by atoms with Crippen LogP contribution in [0, 0.1) is 5.92 Å². The number of halogens is 1. The molecule has 0 radical (unpaired) electrons. The number of amides is 3. The number of carbonyl (C=O) groups excluding carboxylic acids is 3. The maximum atomic E-state index is 12.9. The second-order valence-electron chi connectivity index (χ2n) is 7.31. The zero-order valence-corrected chi connectivity index (χ0v) is 19.4. The molecule has 11 heteroatoms. The standard InChI is InChI=1S/C21H26ClN5O4S/c1-2-31-12-4-10-23-17(28)14-5-3-11-27(13-14)21(30)20-26-25-19(32-20)18(29)24-16-8-6-15(22)7-9-16/h6-9,14H,2-5,10-13H2,1H3,(H,23,28)(H,24,29). The van der Waals surface area contributed by atoms with E-state index in [2.05, 4.69) is 20.8 Å². The Kier molecular flexibility index (Phi) is 8.95. The van der Waals surface area contributed by atoms with Crippen molar-refractivity contribution in [1.82, 2.24) is 20.4 Å². The van der Waals surface area contributed by atoms with E-state index in [0.717, 1.165) is 30.6 Å². The molecule has 3 rings (SSSR count). The average molecular weight is 480 g/mol. The quantitative estimate of drug-likeness (QED) is 0.534. The first kappa shape index (κ1) is 24.1. The molecule has 1 fully saturated rings. The first-order chi connectivity index (χ1) is 15.5. The summed E-state index contributed by atoms with van der Waals surface area (Å²) in [7, 11) is 0. The number of rotatable bonds is 9. The molecule has 2 aromatic rings. The Hall–Kier alpha value is -2.56. The minimum absolute atomic E-state index is 0.0562. The Bertz CT molecular complexity index is 937. The van der Waals surface area contributed by atoms with E-state index in [1.54, 1.807) is 29.2 Å². The number of hydrogen-bond acceptors (Lipinski definition) is 7. The summed E-state index contributed by atoms with van der Waals surface area (Å²) in [6, 6.07) is 6.66. The molecule has 3 amide bonds. The molecule has 32 heavy (non-hydrogen) atoms. The molecule has 9 nitrogen and oxygen atoms in total. The van der Waals surface area contributed by atoms with Crippen molar-refractivity contribution in [2.75, 3.05) is 38.2 Å². The highest BCUT2D eigenvalue weighted by Gasteiger charge is 2.30. The first-order valence-corrected chi connectivity index (χ1v) is 11.7. The summed E-state index contributed by atoms with van der Waals surface area (Å²) in [5.74, 6) is -1.09. The molecular weight excluding hydrogens is 454 g/mol. The van der Waals surface area contributed by atoms with E-state index in [1.807, 2.05) is 6.92 Å². The van der Waals surface area contributed by atoms with Crippen LogP contribution in [-0.2, 0) is 9.53 Å². The molecule has 1 atom stereocenters. The normalized spacial score (nSPS) is 15.9. The van der Waals surface area contributed by atoms with Crippen molar-refractivity contribution in [1.29, 1.82) is 0 Å². The van der Waals surface area contributed by atoms with E-state index < -0.39 is 5.91 Å². The van der Waals surface area contributed by atoms with Gasteiger partial charge in [0, 0.05) is 43.6 Å². The summed E-state index contributed by atoms with van der Waals surface area (Å²) in [4.78, 5) is 39.3. The maximum absolute atomic E-state index is 12.9. The van der Waals surface area contributed by atoms with Gasteiger partial charge in [-0.2, -0.15) is 0 Å². The zero-order valence-electron chi connectivity index (χ0n) is 17.8. The van der Waals surface area contributed by atoms with Gasteiger partial charge >= 0.3 is 0 Å². The summed E-state index contributed by atoms with van der Waals surface area (Å²) in [5.41, 5.74) is 0.564. The summed E-state index contributed by atoms with van der Waals surface area (Å²) in [5, 5.41) is 14.1. The smallest absolute Gasteiger partial charge is 0.286 e. The maximum Gasteiger partial charge on any atom is 0.286 e. The van der Waals surface area contributed by atoms with Crippen molar-refractivity contribution in [3.8, 4) is 0 Å². The third kappa shape index (κ3) is 6.72. The largest absolute Gasteiger partial charge is 0.382 e. The third-order valence-corrected chi connectivity index (χ3v) is 6.11. The van der Waals surface area contributed by atoms with Gasteiger partial charge in [0.25, 0.3) is 11.8 Å². The molecule has 1 unspecified atom stereocenters. The molecule has 1 aromatic heterocycles. The number of carbonyl (C=O) groups is 3. The number of piperidine rings is 1. The van der Waals surface area contributed by atoms with Crippen molar-refractivity contribution in [2.24, 2.45) is 5.92 Å². The minimum Gasteiger partial charge on any atom is -0.382 e. The van der Waals surface area contributed by atoms with Gasteiger partial charge in [-0.1, -0.05) is 22.9 Å². The summed E-state index contributed by atoms with van der Waals surface area (Å²) in [6.45, 7) is 4.60. The molecule has 2 N–H and O–H groups in total. The predicted molar refractivity (Wildman–Crippen MR) is 122 cm³/mol. The molecule has 0 saturated carbocycles. The van der Waals surface area contributed by atoms with Crippen LogP contribution in [0.4, 0.5) is 5.69 Å². The van der Waals surface area contributed by atoms with Crippen LogP contribution in [0.15, 0.2) is 24.3 Å². The molecule has 0 spiro atoms. The van der Waals surface area contributed by atoms with Gasteiger partial charge in [0.05, 0.1) is 5.92 Å². The third-order valence-electron chi connectivity index (χ3n) is 4.95. The Labute approximate surface area is 195 Å². The summed E-state index contributed by atoms with van der Waals surface area (Å²) in [6.07, 6.45) is 2.21. The fourth-order valence-corrected chi connectivity index (χ4v) is 4.14. The van der Waals surface area contributed by atoms with E-state index in [1.165, 1.54) is 0 Å². The lowest BCUT2D eigenvalue weighted by Gasteiger charge is -2.31.